The zero-order chi connectivity index (χ0) is 20.2. The first-order valence-electron chi connectivity index (χ1n) is 10.6. The summed E-state index contributed by atoms with van der Waals surface area (Å²) in [4.78, 5) is 22.0. The highest BCUT2D eigenvalue weighted by Gasteiger charge is 2.22. The molecule has 1 saturated heterocycles. The molecule has 1 aliphatic heterocycles. The first-order valence-corrected chi connectivity index (χ1v) is 10.6. The van der Waals surface area contributed by atoms with Crippen molar-refractivity contribution in [3.8, 4) is 11.3 Å². The molecule has 29 heavy (non-hydrogen) atoms. The highest BCUT2D eigenvalue weighted by Crippen LogP contribution is 2.22. The second-order valence-electron chi connectivity index (χ2n) is 8.05. The Bertz CT molecular complexity index is 983. The molecule has 0 N–H and O–H groups in total. The van der Waals surface area contributed by atoms with Crippen LogP contribution in [0.25, 0.3) is 22.2 Å². The minimum atomic E-state index is 0.0941. The molecule has 3 aromatic rings. The van der Waals surface area contributed by atoms with Crippen LogP contribution in [0, 0.1) is 5.92 Å². The van der Waals surface area contributed by atoms with Gasteiger partial charge in [-0.05, 0) is 56.1 Å². The zero-order valence-corrected chi connectivity index (χ0v) is 17.3. The van der Waals surface area contributed by atoms with Crippen molar-refractivity contribution in [1.82, 2.24) is 14.8 Å². The van der Waals surface area contributed by atoms with E-state index >= 15 is 0 Å². The maximum Gasteiger partial charge on any atom is 0.253 e. The second-order valence-corrected chi connectivity index (χ2v) is 8.05. The minimum absolute atomic E-state index is 0.0941. The van der Waals surface area contributed by atoms with Crippen LogP contribution in [0.5, 0.6) is 0 Å². The van der Waals surface area contributed by atoms with Crippen molar-refractivity contribution in [3.63, 3.8) is 0 Å². The normalized spacial score (nSPS) is 17.4. The number of carbonyl (C=O) groups excluding carboxylic acids is 1. The van der Waals surface area contributed by atoms with E-state index in [9.17, 15) is 4.79 Å². The molecule has 0 aliphatic carbocycles. The van der Waals surface area contributed by atoms with E-state index in [-0.39, 0.29) is 5.91 Å². The Balaban J connectivity index is 1.44. The number of aromatic nitrogens is 1. The van der Waals surface area contributed by atoms with E-state index < -0.39 is 0 Å². The lowest BCUT2D eigenvalue weighted by molar-refractivity contribution is 0.0732. The number of piperidine rings is 1. The Morgan fingerprint density at radius 3 is 2.69 bits per heavy atom. The number of hydrogen-bond acceptors (Lipinski definition) is 3. The molecule has 1 aliphatic rings. The third-order valence-electron chi connectivity index (χ3n) is 5.96. The first kappa shape index (κ1) is 19.6. The van der Waals surface area contributed by atoms with Gasteiger partial charge in [-0.25, -0.2) is 4.98 Å². The number of fused-ring (bicyclic) bond motifs is 1. The zero-order valence-electron chi connectivity index (χ0n) is 17.3. The Hall–Kier alpha value is -2.72. The molecular weight excluding hydrogens is 358 g/mol. The van der Waals surface area contributed by atoms with E-state index in [0.29, 0.717) is 5.92 Å². The summed E-state index contributed by atoms with van der Waals surface area (Å²) in [5.74, 6) is 0.662. The molecule has 2 aromatic carbocycles. The molecule has 0 saturated carbocycles. The fraction of sp³-hybridized carbons (Fsp3) is 0.360. The summed E-state index contributed by atoms with van der Waals surface area (Å²) >= 11 is 0. The molecule has 4 heteroatoms. The van der Waals surface area contributed by atoms with Crippen LogP contribution in [0.2, 0.25) is 0 Å². The summed E-state index contributed by atoms with van der Waals surface area (Å²) in [5, 5.41) is 1.13. The van der Waals surface area contributed by atoms with Gasteiger partial charge in [0.15, 0.2) is 0 Å². The van der Waals surface area contributed by atoms with Crippen LogP contribution in [-0.4, -0.2) is 53.9 Å². The largest absolute Gasteiger partial charge is 0.341 e. The van der Waals surface area contributed by atoms with E-state index in [1.165, 1.54) is 19.4 Å². The number of para-hydroxylation sites is 1. The van der Waals surface area contributed by atoms with Gasteiger partial charge in [-0.1, -0.05) is 43.3 Å². The minimum Gasteiger partial charge on any atom is -0.341 e. The summed E-state index contributed by atoms with van der Waals surface area (Å²) in [6.07, 6.45) is 2.44. The summed E-state index contributed by atoms with van der Waals surface area (Å²) < 4.78 is 0. The summed E-state index contributed by atoms with van der Waals surface area (Å²) in [6.45, 7) is 6.42. The van der Waals surface area contributed by atoms with Crippen molar-refractivity contribution in [2.24, 2.45) is 5.92 Å². The molecule has 1 amide bonds. The highest BCUT2D eigenvalue weighted by atomic mass is 16.2. The lowest BCUT2D eigenvalue weighted by Crippen LogP contribution is -2.41. The third kappa shape index (κ3) is 4.48. The maximum absolute atomic E-state index is 12.9. The fourth-order valence-electron chi connectivity index (χ4n) is 4.29. The Morgan fingerprint density at radius 2 is 1.90 bits per heavy atom. The van der Waals surface area contributed by atoms with E-state index in [1.54, 1.807) is 0 Å². The highest BCUT2D eigenvalue weighted by molar-refractivity contribution is 5.94. The average Bonchev–Trinajstić information content (AvgIpc) is 2.78. The van der Waals surface area contributed by atoms with Crippen LogP contribution in [0.15, 0.2) is 60.7 Å². The predicted octanol–water partition coefficient (Wildman–Crippen LogP) is 4.71. The average molecular weight is 388 g/mol. The van der Waals surface area contributed by atoms with Crippen molar-refractivity contribution < 1.29 is 4.79 Å². The van der Waals surface area contributed by atoms with Crippen molar-refractivity contribution in [2.45, 2.75) is 19.8 Å². The molecular formula is C25H29N3O. The van der Waals surface area contributed by atoms with Gasteiger partial charge >= 0.3 is 0 Å². The Kier molecular flexibility index (Phi) is 5.91. The molecule has 0 bridgehead atoms. The standard InChI is InChI=1S/C25H29N3O/c1-3-28-16-6-7-19(18-28)17-27(2)25(29)22-12-10-21(11-13-22)24-15-14-20-8-4-5-9-23(20)26-24/h4-5,8-15,19H,3,6-7,16-18H2,1-2H3/t19-/m1/s1. The van der Waals surface area contributed by atoms with E-state index in [2.05, 4.69) is 24.0 Å². The van der Waals surface area contributed by atoms with Gasteiger partial charge in [-0.2, -0.15) is 0 Å². The molecule has 1 aromatic heterocycles. The second kappa shape index (κ2) is 8.75. The summed E-state index contributed by atoms with van der Waals surface area (Å²) in [5.41, 5.74) is 3.68. The third-order valence-corrected chi connectivity index (χ3v) is 5.96. The van der Waals surface area contributed by atoms with Gasteiger partial charge in [-0.3, -0.25) is 4.79 Å². The number of likely N-dealkylation sites (tertiary alicyclic amines) is 1. The Morgan fingerprint density at radius 1 is 1.10 bits per heavy atom. The van der Waals surface area contributed by atoms with E-state index in [0.717, 1.165) is 47.4 Å². The summed E-state index contributed by atoms with van der Waals surface area (Å²) in [7, 11) is 1.92. The fourth-order valence-corrected chi connectivity index (χ4v) is 4.29. The maximum atomic E-state index is 12.9. The smallest absolute Gasteiger partial charge is 0.253 e. The number of rotatable bonds is 5. The van der Waals surface area contributed by atoms with Gasteiger partial charge in [0.1, 0.15) is 0 Å². The van der Waals surface area contributed by atoms with Gasteiger partial charge in [0.25, 0.3) is 5.91 Å². The van der Waals surface area contributed by atoms with Crippen LogP contribution in [0.4, 0.5) is 0 Å². The van der Waals surface area contributed by atoms with Crippen molar-refractivity contribution in [2.75, 3.05) is 33.2 Å². The van der Waals surface area contributed by atoms with E-state index in [1.807, 2.05) is 60.5 Å². The van der Waals surface area contributed by atoms with Crippen LogP contribution < -0.4 is 0 Å². The van der Waals surface area contributed by atoms with Gasteiger partial charge in [0.05, 0.1) is 11.2 Å². The molecule has 0 spiro atoms. The van der Waals surface area contributed by atoms with Gasteiger partial charge in [-0.15, -0.1) is 0 Å². The SMILES string of the molecule is CCN1CCC[C@H](CN(C)C(=O)c2ccc(-c3ccc4ccccc4n3)cc2)C1. The number of nitrogens with zero attached hydrogens (tertiary/aromatic N) is 3. The van der Waals surface area contributed by atoms with Crippen LogP contribution in [0.3, 0.4) is 0 Å². The van der Waals surface area contributed by atoms with Crippen LogP contribution in [0.1, 0.15) is 30.1 Å². The molecule has 4 rings (SSSR count). The molecule has 0 unspecified atom stereocenters. The quantitative estimate of drug-likeness (QED) is 0.636. The van der Waals surface area contributed by atoms with Crippen LogP contribution >= 0.6 is 0 Å². The van der Waals surface area contributed by atoms with Gasteiger partial charge in [0, 0.05) is 36.7 Å². The van der Waals surface area contributed by atoms with Crippen molar-refractivity contribution in [3.05, 3.63) is 66.2 Å². The van der Waals surface area contributed by atoms with Gasteiger partial charge < -0.3 is 9.80 Å². The molecule has 1 fully saturated rings. The molecule has 0 radical (unpaired) electrons. The topological polar surface area (TPSA) is 36.4 Å². The monoisotopic (exact) mass is 387 g/mol. The lowest BCUT2D eigenvalue weighted by atomic mass is 9.97. The van der Waals surface area contributed by atoms with Crippen LogP contribution in [-0.2, 0) is 0 Å². The predicted molar refractivity (Wildman–Crippen MR) is 119 cm³/mol. The number of pyridine rings is 1. The number of carbonyl (C=O) groups is 1. The Labute approximate surface area is 173 Å². The molecule has 150 valence electrons. The first-order chi connectivity index (χ1) is 14.1. The molecule has 4 nitrogen and oxygen atoms in total. The molecule has 1 atom stereocenters. The number of amides is 1. The van der Waals surface area contributed by atoms with Crippen molar-refractivity contribution >= 4 is 16.8 Å². The van der Waals surface area contributed by atoms with Gasteiger partial charge in [0.2, 0.25) is 0 Å². The number of benzene rings is 2. The molecule has 2 heterocycles. The number of hydrogen-bond donors (Lipinski definition) is 0. The van der Waals surface area contributed by atoms with E-state index in [4.69, 9.17) is 4.98 Å². The van der Waals surface area contributed by atoms with Crippen molar-refractivity contribution in [1.29, 1.82) is 0 Å². The lowest BCUT2D eigenvalue weighted by Gasteiger charge is -2.34. The summed E-state index contributed by atoms with van der Waals surface area (Å²) in [6, 6.07) is 20.1.